The third-order valence-corrected chi connectivity index (χ3v) is 8.59. The molecular formula is C35H36ClN5O6. The molecule has 3 N–H and O–H groups in total. The van der Waals surface area contributed by atoms with Crippen LogP contribution in [-0.2, 0) is 20.8 Å². The average Bonchev–Trinajstić information content (AvgIpc) is 3.08. The number of nitrogens with one attached hydrogen (secondary N) is 2. The van der Waals surface area contributed by atoms with Crippen LogP contribution in [0.5, 0.6) is 0 Å². The van der Waals surface area contributed by atoms with Gasteiger partial charge in [0.25, 0.3) is 11.8 Å². The Morgan fingerprint density at radius 1 is 0.894 bits per heavy atom. The molecule has 0 saturated carbocycles. The van der Waals surface area contributed by atoms with Crippen LogP contribution in [0, 0.1) is 6.92 Å². The summed E-state index contributed by atoms with van der Waals surface area (Å²) in [5, 5.41) is 15.7. The van der Waals surface area contributed by atoms with Crippen molar-refractivity contribution >= 4 is 40.8 Å². The van der Waals surface area contributed by atoms with E-state index in [9.17, 15) is 19.5 Å². The molecule has 11 nitrogen and oxygen atoms in total. The zero-order chi connectivity index (χ0) is 33.5. The topological polar surface area (TPSA) is 143 Å². The number of ether oxygens (including phenoxy) is 2. The largest absolute Gasteiger partial charge is 0.480 e. The number of likely N-dealkylation sites (tertiary alicyclic amines) is 1. The lowest BCUT2D eigenvalue weighted by Crippen LogP contribution is -2.44. The summed E-state index contributed by atoms with van der Waals surface area (Å²) in [4.78, 5) is 48.4. The highest BCUT2D eigenvalue weighted by Gasteiger charge is 2.28. The van der Waals surface area contributed by atoms with Gasteiger partial charge in [-0.3, -0.25) is 29.3 Å². The molecule has 3 heterocycles. The summed E-state index contributed by atoms with van der Waals surface area (Å²) in [5.74, 6) is -1.63. The summed E-state index contributed by atoms with van der Waals surface area (Å²) in [7, 11) is 3.03. The summed E-state index contributed by atoms with van der Waals surface area (Å²) >= 11 is 6.81. The minimum atomic E-state index is -0.813. The van der Waals surface area contributed by atoms with E-state index < -0.39 is 24.2 Å². The van der Waals surface area contributed by atoms with Gasteiger partial charge in [-0.1, -0.05) is 54.4 Å². The number of aliphatic carboxylic acids is 1. The number of halogens is 1. The van der Waals surface area contributed by atoms with E-state index in [1.807, 2.05) is 30.0 Å². The number of carbonyl (C=O) groups excluding carboxylic acids is 2. The Morgan fingerprint density at radius 3 is 2.15 bits per heavy atom. The Labute approximate surface area is 277 Å². The second kappa shape index (κ2) is 15.3. The third kappa shape index (κ3) is 7.83. The molecule has 0 spiro atoms. The van der Waals surface area contributed by atoms with Crippen LogP contribution < -0.4 is 10.6 Å². The highest BCUT2D eigenvalue weighted by atomic mass is 35.5. The molecule has 47 heavy (non-hydrogen) atoms. The Hall–Kier alpha value is -4.68. The van der Waals surface area contributed by atoms with Crippen molar-refractivity contribution in [1.29, 1.82) is 0 Å². The van der Waals surface area contributed by atoms with E-state index >= 15 is 0 Å². The lowest BCUT2D eigenvalue weighted by atomic mass is 9.98. The predicted molar refractivity (Wildman–Crippen MR) is 178 cm³/mol. The zero-order valence-corrected chi connectivity index (χ0v) is 27.1. The van der Waals surface area contributed by atoms with E-state index in [1.54, 1.807) is 48.7 Å². The van der Waals surface area contributed by atoms with Crippen LogP contribution in [-0.4, -0.2) is 64.6 Å². The molecule has 0 bridgehead atoms. The van der Waals surface area contributed by atoms with Crippen LogP contribution in [0.1, 0.15) is 63.2 Å². The number of carboxylic acid groups (broad SMARTS) is 1. The van der Waals surface area contributed by atoms with Crippen molar-refractivity contribution in [1.82, 2.24) is 14.9 Å². The number of pyridine rings is 2. The number of hydrogen-bond donors (Lipinski definition) is 3. The second-order valence-corrected chi connectivity index (χ2v) is 11.6. The molecule has 2 aromatic heterocycles. The van der Waals surface area contributed by atoms with Crippen molar-refractivity contribution in [3.8, 4) is 11.1 Å². The highest BCUT2D eigenvalue weighted by molar-refractivity contribution is 6.36. The summed E-state index contributed by atoms with van der Waals surface area (Å²) in [5.41, 5.74) is 5.14. The molecule has 5 rings (SSSR count). The smallest absolute Gasteiger partial charge is 0.320 e. The summed E-state index contributed by atoms with van der Waals surface area (Å²) < 4.78 is 10.5. The third-order valence-electron chi connectivity index (χ3n) is 8.18. The predicted octanol–water partition coefficient (Wildman–Crippen LogP) is 6.34. The fraction of sp³-hybridized carbons (Fsp3) is 0.286. The minimum Gasteiger partial charge on any atom is -0.480 e. The van der Waals surface area contributed by atoms with Gasteiger partial charge in [0.2, 0.25) is 0 Å². The average molecular weight is 658 g/mol. The van der Waals surface area contributed by atoms with Crippen molar-refractivity contribution in [2.75, 3.05) is 31.4 Å². The molecule has 2 aromatic carbocycles. The number of anilines is 2. The molecular weight excluding hydrogens is 622 g/mol. The number of amides is 2. The molecule has 1 fully saturated rings. The van der Waals surface area contributed by atoms with Crippen molar-refractivity contribution in [2.45, 2.75) is 45.1 Å². The van der Waals surface area contributed by atoms with Gasteiger partial charge < -0.3 is 25.2 Å². The monoisotopic (exact) mass is 657 g/mol. The van der Waals surface area contributed by atoms with E-state index in [0.29, 0.717) is 47.0 Å². The molecule has 0 radical (unpaired) electrons. The van der Waals surface area contributed by atoms with E-state index in [4.69, 9.17) is 21.1 Å². The van der Waals surface area contributed by atoms with Crippen molar-refractivity contribution in [3.63, 3.8) is 0 Å². The molecule has 4 aromatic rings. The molecule has 1 atom stereocenters. The molecule has 244 valence electrons. The van der Waals surface area contributed by atoms with Crippen LogP contribution in [0.4, 0.5) is 11.4 Å². The molecule has 1 saturated heterocycles. The van der Waals surface area contributed by atoms with Crippen LogP contribution in [0.2, 0.25) is 5.02 Å². The Bertz CT molecular complexity index is 1740. The fourth-order valence-electron chi connectivity index (χ4n) is 5.67. The van der Waals surface area contributed by atoms with Crippen molar-refractivity contribution < 1.29 is 29.0 Å². The SMILES string of the molecule is COC(OC)c1ccc(C(=O)Nc2cccc(-c3cccc(NC(=O)c4ccc(CN5CCCCC5C(=O)O)cn4)c3C)c2Cl)nc1. The Balaban J connectivity index is 1.28. The number of piperidine rings is 1. The summed E-state index contributed by atoms with van der Waals surface area (Å²) in [6.45, 7) is 3.04. The van der Waals surface area contributed by atoms with Crippen molar-refractivity contribution in [3.05, 3.63) is 106 Å². The normalized spacial score (nSPS) is 15.0. The summed E-state index contributed by atoms with van der Waals surface area (Å²) in [6, 6.07) is 17.0. The number of aromatic nitrogens is 2. The van der Waals surface area contributed by atoms with Gasteiger partial charge in [-0.05, 0) is 67.3 Å². The van der Waals surface area contributed by atoms with Crippen LogP contribution >= 0.6 is 11.6 Å². The van der Waals surface area contributed by atoms with Crippen LogP contribution in [0.25, 0.3) is 11.1 Å². The van der Waals surface area contributed by atoms with Crippen LogP contribution in [0.3, 0.4) is 0 Å². The Morgan fingerprint density at radius 2 is 1.53 bits per heavy atom. The first kappa shape index (κ1) is 33.7. The molecule has 0 aliphatic carbocycles. The van der Waals surface area contributed by atoms with E-state index in [-0.39, 0.29) is 17.3 Å². The molecule has 12 heteroatoms. The first-order valence-electron chi connectivity index (χ1n) is 15.1. The van der Waals surface area contributed by atoms with Gasteiger partial charge in [-0.2, -0.15) is 0 Å². The number of benzene rings is 2. The number of hydrogen-bond acceptors (Lipinski definition) is 8. The minimum absolute atomic E-state index is 0.194. The standard InChI is InChI=1S/C35H36ClN5O6/c1-21-24(25-9-7-11-27(31(25)36)40-33(43)29-16-14-23(19-38-29)35(46-2)47-3)8-6-10-26(21)39-32(42)28-15-13-22(18-37-28)20-41-17-5-4-12-30(41)34(44)45/h6-11,13-16,18-19,30,35H,4-5,12,17,20H2,1-3H3,(H,39,42)(H,40,43)(H,44,45). The van der Waals surface area contributed by atoms with E-state index in [0.717, 1.165) is 29.5 Å². The summed E-state index contributed by atoms with van der Waals surface area (Å²) in [6.07, 6.45) is 5.03. The number of carbonyl (C=O) groups is 3. The van der Waals surface area contributed by atoms with Crippen molar-refractivity contribution in [2.24, 2.45) is 0 Å². The lowest BCUT2D eigenvalue weighted by molar-refractivity contribution is -0.144. The lowest BCUT2D eigenvalue weighted by Gasteiger charge is -2.32. The highest BCUT2D eigenvalue weighted by Crippen LogP contribution is 2.37. The quantitative estimate of drug-likeness (QED) is 0.157. The van der Waals surface area contributed by atoms with Gasteiger partial charge in [-0.25, -0.2) is 0 Å². The van der Waals surface area contributed by atoms with Crippen LogP contribution in [0.15, 0.2) is 73.1 Å². The van der Waals surface area contributed by atoms with Gasteiger partial charge in [0.05, 0.1) is 10.7 Å². The van der Waals surface area contributed by atoms with Gasteiger partial charge in [0, 0.05) is 50.0 Å². The maximum absolute atomic E-state index is 13.2. The maximum Gasteiger partial charge on any atom is 0.320 e. The van der Waals surface area contributed by atoms with E-state index in [2.05, 4.69) is 20.6 Å². The van der Waals surface area contributed by atoms with Gasteiger partial charge in [-0.15, -0.1) is 0 Å². The first-order valence-corrected chi connectivity index (χ1v) is 15.5. The number of methoxy groups -OCH3 is 2. The second-order valence-electron chi connectivity index (χ2n) is 11.2. The Kier molecular flexibility index (Phi) is 10.9. The fourth-order valence-corrected chi connectivity index (χ4v) is 5.94. The number of rotatable bonds is 11. The zero-order valence-electron chi connectivity index (χ0n) is 26.3. The maximum atomic E-state index is 13.2. The van der Waals surface area contributed by atoms with Gasteiger partial charge in [0.15, 0.2) is 6.29 Å². The molecule has 2 amide bonds. The molecule has 1 aliphatic rings. The first-order chi connectivity index (χ1) is 22.7. The number of carboxylic acids is 1. The molecule has 1 aliphatic heterocycles. The van der Waals surface area contributed by atoms with Gasteiger partial charge in [0.1, 0.15) is 17.4 Å². The van der Waals surface area contributed by atoms with Gasteiger partial charge >= 0.3 is 5.97 Å². The van der Waals surface area contributed by atoms with E-state index in [1.165, 1.54) is 20.4 Å². The number of nitrogens with zero attached hydrogens (tertiary/aromatic N) is 3. The molecule has 1 unspecified atom stereocenters.